The maximum absolute atomic E-state index is 11.1. The van der Waals surface area contributed by atoms with Crippen molar-refractivity contribution in [2.45, 2.75) is 6.92 Å². The zero-order valence-electron chi connectivity index (χ0n) is 11.2. The minimum absolute atomic E-state index is 0.183. The van der Waals surface area contributed by atoms with Crippen LogP contribution in [0.2, 0.25) is 0 Å². The van der Waals surface area contributed by atoms with Crippen LogP contribution in [0.1, 0.15) is 5.56 Å². The summed E-state index contributed by atoms with van der Waals surface area (Å²) in [6.07, 6.45) is 0. The summed E-state index contributed by atoms with van der Waals surface area (Å²) in [5.41, 5.74) is 1.49. The first-order chi connectivity index (χ1) is 9.18. The van der Waals surface area contributed by atoms with Crippen LogP contribution < -0.4 is 10.6 Å². The summed E-state index contributed by atoms with van der Waals surface area (Å²) < 4.78 is 0. The molecule has 1 heterocycles. The minimum Gasteiger partial charge on any atom is -0.378 e. The van der Waals surface area contributed by atoms with Gasteiger partial charge in [0.2, 0.25) is 0 Å². The number of para-hydroxylation sites is 1. The molecule has 19 heavy (non-hydrogen) atoms. The Labute approximate surface area is 112 Å². The number of rotatable bonds is 5. The fourth-order valence-electron chi connectivity index (χ4n) is 2.33. The predicted octanol–water partition coefficient (Wildman–Crippen LogP) is 1.22. The van der Waals surface area contributed by atoms with Gasteiger partial charge in [0.15, 0.2) is 0 Å². The lowest BCUT2D eigenvalue weighted by Gasteiger charge is -2.27. The quantitative estimate of drug-likeness (QED) is 0.618. The molecule has 0 spiro atoms. The Hall–Kier alpha value is -1.66. The molecular formula is C13H20N4O2. The standard InChI is InChI=1S/C13H20N4O2/c1-11-3-2-4-12(13(11)17(18)19)15-7-10-16-8-5-14-6-9-16/h2-4,14-15H,5-10H2,1H3. The molecule has 1 aliphatic heterocycles. The van der Waals surface area contributed by atoms with E-state index in [0.29, 0.717) is 11.3 Å². The molecule has 0 bridgehead atoms. The minimum atomic E-state index is -0.317. The lowest BCUT2D eigenvalue weighted by molar-refractivity contribution is -0.384. The first-order valence-electron chi connectivity index (χ1n) is 6.59. The second kappa shape index (κ2) is 6.49. The van der Waals surface area contributed by atoms with E-state index in [9.17, 15) is 10.1 Å². The molecule has 1 saturated heterocycles. The van der Waals surface area contributed by atoms with Gasteiger partial charge in [-0.25, -0.2) is 0 Å². The van der Waals surface area contributed by atoms with Gasteiger partial charge < -0.3 is 10.6 Å². The van der Waals surface area contributed by atoms with Crippen LogP contribution >= 0.6 is 0 Å². The van der Waals surface area contributed by atoms with Gasteiger partial charge >= 0.3 is 0 Å². The van der Waals surface area contributed by atoms with Gasteiger partial charge in [0.1, 0.15) is 5.69 Å². The molecule has 1 fully saturated rings. The summed E-state index contributed by atoms with van der Waals surface area (Å²) in [6.45, 7) is 7.51. The lowest BCUT2D eigenvalue weighted by Crippen LogP contribution is -2.45. The van der Waals surface area contributed by atoms with Crippen LogP contribution in [0, 0.1) is 17.0 Å². The zero-order chi connectivity index (χ0) is 13.7. The fourth-order valence-corrected chi connectivity index (χ4v) is 2.33. The first-order valence-corrected chi connectivity index (χ1v) is 6.59. The van der Waals surface area contributed by atoms with E-state index >= 15 is 0 Å². The number of benzene rings is 1. The normalized spacial score (nSPS) is 16.3. The van der Waals surface area contributed by atoms with E-state index in [1.54, 1.807) is 19.1 Å². The van der Waals surface area contributed by atoms with Crippen LogP contribution in [0.15, 0.2) is 18.2 Å². The highest BCUT2D eigenvalue weighted by Crippen LogP contribution is 2.27. The zero-order valence-corrected chi connectivity index (χ0v) is 11.2. The molecule has 0 radical (unpaired) electrons. The van der Waals surface area contributed by atoms with E-state index in [-0.39, 0.29) is 10.6 Å². The molecule has 1 aliphatic rings. The predicted molar refractivity (Wildman–Crippen MR) is 75.6 cm³/mol. The summed E-state index contributed by atoms with van der Waals surface area (Å²) >= 11 is 0. The number of hydrogen-bond donors (Lipinski definition) is 2. The molecule has 104 valence electrons. The Morgan fingerprint density at radius 1 is 1.42 bits per heavy atom. The van der Waals surface area contributed by atoms with Crippen molar-refractivity contribution >= 4 is 11.4 Å². The van der Waals surface area contributed by atoms with Gasteiger partial charge in [-0.15, -0.1) is 0 Å². The molecule has 6 nitrogen and oxygen atoms in total. The molecular weight excluding hydrogens is 244 g/mol. The van der Waals surface area contributed by atoms with Crippen molar-refractivity contribution in [1.29, 1.82) is 0 Å². The van der Waals surface area contributed by atoms with Crippen molar-refractivity contribution in [3.8, 4) is 0 Å². The monoisotopic (exact) mass is 264 g/mol. The Morgan fingerprint density at radius 2 is 2.16 bits per heavy atom. The largest absolute Gasteiger partial charge is 0.378 e. The number of nitrogens with zero attached hydrogens (tertiary/aromatic N) is 2. The molecule has 0 amide bonds. The second-order valence-electron chi connectivity index (χ2n) is 4.75. The van der Waals surface area contributed by atoms with Crippen LogP contribution in [-0.4, -0.2) is 49.1 Å². The van der Waals surface area contributed by atoms with Gasteiger partial charge in [-0.2, -0.15) is 0 Å². The molecule has 0 aliphatic carbocycles. The number of anilines is 1. The smallest absolute Gasteiger partial charge is 0.295 e. The molecule has 1 aromatic carbocycles. The van der Waals surface area contributed by atoms with Crippen molar-refractivity contribution in [3.05, 3.63) is 33.9 Å². The fraction of sp³-hybridized carbons (Fsp3) is 0.538. The Morgan fingerprint density at radius 3 is 2.84 bits per heavy atom. The van der Waals surface area contributed by atoms with E-state index < -0.39 is 0 Å². The number of hydrogen-bond acceptors (Lipinski definition) is 5. The summed E-state index contributed by atoms with van der Waals surface area (Å²) in [7, 11) is 0. The highest BCUT2D eigenvalue weighted by atomic mass is 16.6. The van der Waals surface area contributed by atoms with Gasteiger partial charge in [0.25, 0.3) is 5.69 Å². The first kappa shape index (κ1) is 13.8. The van der Waals surface area contributed by atoms with Crippen molar-refractivity contribution in [2.75, 3.05) is 44.6 Å². The summed E-state index contributed by atoms with van der Waals surface area (Å²) in [5.74, 6) is 0. The number of nitrogens with one attached hydrogen (secondary N) is 2. The Kier molecular flexibility index (Phi) is 4.70. The van der Waals surface area contributed by atoms with Crippen molar-refractivity contribution in [3.63, 3.8) is 0 Å². The SMILES string of the molecule is Cc1cccc(NCCN2CCNCC2)c1[N+](=O)[O-]. The average molecular weight is 264 g/mol. The van der Waals surface area contributed by atoms with Crippen LogP contribution in [0.5, 0.6) is 0 Å². The highest BCUT2D eigenvalue weighted by Gasteiger charge is 2.16. The third kappa shape index (κ3) is 3.65. The molecule has 0 saturated carbocycles. The molecule has 2 N–H and O–H groups in total. The molecule has 0 aromatic heterocycles. The average Bonchev–Trinajstić information content (AvgIpc) is 2.39. The van der Waals surface area contributed by atoms with Crippen molar-refractivity contribution in [1.82, 2.24) is 10.2 Å². The van der Waals surface area contributed by atoms with Crippen LogP contribution in [0.25, 0.3) is 0 Å². The van der Waals surface area contributed by atoms with Gasteiger partial charge in [-0.1, -0.05) is 12.1 Å². The number of nitro groups is 1. The molecule has 2 rings (SSSR count). The summed E-state index contributed by atoms with van der Waals surface area (Å²) in [5, 5.41) is 17.5. The maximum atomic E-state index is 11.1. The summed E-state index contributed by atoms with van der Waals surface area (Å²) in [6, 6.07) is 5.37. The molecule has 1 aromatic rings. The van der Waals surface area contributed by atoms with Crippen molar-refractivity contribution < 1.29 is 4.92 Å². The van der Waals surface area contributed by atoms with E-state index in [1.807, 2.05) is 6.07 Å². The molecule has 6 heteroatoms. The second-order valence-corrected chi connectivity index (χ2v) is 4.75. The third-order valence-corrected chi connectivity index (χ3v) is 3.37. The molecule has 0 unspecified atom stereocenters. The Bertz CT molecular complexity index is 444. The number of aryl methyl sites for hydroxylation is 1. The third-order valence-electron chi connectivity index (χ3n) is 3.37. The van der Waals surface area contributed by atoms with Gasteiger partial charge in [0, 0.05) is 44.8 Å². The van der Waals surface area contributed by atoms with Gasteiger partial charge in [-0.05, 0) is 13.0 Å². The van der Waals surface area contributed by atoms with E-state index in [2.05, 4.69) is 15.5 Å². The summed E-state index contributed by atoms with van der Waals surface area (Å²) in [4.78, 5) is 13.1. The van der Waals surface area contributed by atoms with Crippen molar-refractivity contribution in [2.24, 2.45) is 0 Å². The molecule has 0 atom stereocenters. The maximum Gasteiger partial charge on any atom is 0.295 e. The Balaban J connectivity index is 1.92. The van der Waals surface area contributed by atoms with Crippen LogP contribution in [0.3, 0.4) is 0 Å². The van der Waals surface area contributed by atoms with E-state index in [0.717, 1.165) is 39.3 Å². The highest BCUT2D eigenvalue weighted by molar-refractivity contribution is 5.64. The number of nitro benzene ring substituents is 1. The number of piperazine rings is 1. The van der Waals surface area contributed by atoms with E-state index in [4.69, 9.17) is 0 Å². The van der Waals surface area contributed by atoms with Gasteiger partial charge in [0.05, 0.1) is 4.92 Å². The lowest BCUT2D eigenvalue weighted by atomic mass is 10.1. The topological polar surface area (TPSA) is 70.4 Å². The van der Waals surface area contributed by atoms with Gasteiger partial charge in [-0.3, -0.25) is 15.0 Å². The van der Waals surface area contributed by atoms with E-state index in [1.165, 1.54) is 0 Å². The van der Waals surface area contributed by atoms with Crippen LogP contribution in [0.4, 0.5) is 11.4 Å². The van der Waals surface area contributed by atoms with Crippen LogP contribution in [-0.2, 0) is 0 Å².